The van der Waals surface area contributed by atoms with Crippen molar-refractivity contribution in [1.82, 2.24) is 69.9 Å². The fourth-order valence-electron chi connectivity index (χ4n) is 18.7. The molecule has 0 radical (unpaired) electrons. The maximum absolute atomic E-state index is 13.3. The molecule has 0 amide bonds. The van der Waals surface area contributed by atoms with Crippen molar-refractivity contribution in [2.45, 2.75) is 169 Å². The van der Waals surface area contributed by atoms with Crippen LogP contribution in [0.4, 0.5) is 43.4 Å². The molecule has 0 bridgehead atoms. The number of ether oxygens (including phenoxy) is 2. The summed E-state index contributed by atoms with van der Waals surface area (Å²) in [7, 11) is 4.24. The fourth-order valence-corrected chi connectivity index (χ4v) is 19.6. The van der Waals surface area contributed by atoms with Crippen LogP contribution in [0.1, 0.15) is 167 Å². The molecule has 7 heterocycles. The standard InChI is InChI=1S/C37H37F3N6O3.C36H41F3N4O3.C36H47N7OS/c1-24(49)18-33(41-21-26-4-12-32-29(19-26)22-42-44-32)28-7-13-35-34(20-28)43-36(27-5-10-31(11-6-27)45(14-16-47)15-17-48)46(35)23-25-2-8-30(9-3-25)37(38,39)40;1-25(44)21-32(40-23-26-5-3-2-4-6-26)29-11-16-34-33(22-29)41-35(28-9-12-30(13-10-28)42-17-19-45-20-18-42)43(34)24-27-7-14-31(15-8-27)46-36(37,38)39;1-6-19-42(20-7-2)29-12-9-27(10-13-29)36-39-33-24-28(11-15-34(33)43(36)22-8-21-41(4)5)32(23-26(3)44)37-25-30-14-16-35(45-30)31-17-18-38-40-31/h2-13,19-20,22,33,41,47-48H,14-18,21,23H2,1H3,(H,42,44);7-16,22,26,32,40H,2-6,17-21,23-24H2,1H3;9-18,24,32,37H,6-8,19-23,25H2,1-5H3,(H,38,40). The number of H-pyrrole nitrogens is 2. The van der Waals surface area contributed by atoms with Gasteiger partial charge in [0.2, 0.25) is 0 Å². The smallest absolute Gasteiger partial charge is 0.406 e. The number of aromatic nitrogens is 10. The van der Waals surface area contributed by atoms with Crippen LogP contribution in [0.15, 0.2) is 225 Å². The summed E-state index contributed by atoms with van der Waals surface area (Å²) in [5.41, 5.74) is 18.1. The molecule has 140 heavy (non-hydrogen) atoms. The minimum absolute atomic E-state index is 0.0351. The zero-order valence-corrected chi connectivity index (χ0v) is 81.3. The molecule has 6 aromatic heterocycles. The minimum Gasteiger partial charge on any atom is -0.406 e. The predicted octanol–water partition coefficient (Wildman–Crippen LogP) is 21.5. The van der Waals surface area contributed by atoms with E-state index < -0.39 is 18.1 Å². The number of hydrogen-bond acceptors (Lipinski definition) is 20. The Morgan fingerprint density at radius 3 is 1.51 bits per heavy atom. The Labute approximate surface area is 816 Å². The van der Waals surface area contributed by atoms with E-state index in [1.165, 1.54) is 66.9 Å². The number of ketones is 3. The van der Waals surface area contributed by atoms with Crippen LogP contribution < -0.4 is 35.4 Å². The summed E-state index contributed by atoms with van der Waals surface area (Å²) < 4.78 is 94.1. The number of carbonyl (C=O) groups is 3. The Hall–Kier alpha value is -12.7. The fraction of sp³-hybridized carbons (Fsp3) is 0.376. The zero-order valence-electron chi connectivity index (χ0n) is 80.4. The maximum atomic E-state index is 13.3. The molecular formula is C109H125F6N17O7S. The van der Waals surface area contributed by atoms with Gasteiger partial charge in [0.05, 0.1) is 87.4 Å². The predicted molar refractivity (Wildman–Crippen MR) is 544 cm³/mol. The van der Waals surface area contributed by atoms with Crippen LogP contribution in [0.5, 0.6) is 5.75 Å². The molecule has 9 aromatic carbocycles. The number of hydrogen-bond donors (Lipinski definition) is 7. The van der Waals surface area contributed by atoms with E-state index >= 15 is 0 Å². The van der Waals surface area contributed by atoms with E-state index in [0.717, 1.165) is 194 Å². The van der Waals surface area contributed by atoms with Gasteiger partial charge in [-0.05, 0) is 283 Å². The molecule has 15 aromatic rings. The van der Waals surface area contributed by atoms with Crippen LogP contribution in [-0.2, 0) is 58.0 Å². The number of morpholine rings is 1. The minimum atomic E-state index is -4.74. The van der Waals surface area contributed by atoms with E-state index in [2.05, 4.69) is 184 Å². The summed E-state index contributed by atoms with van der Waals surface area (Å²) in [6, 6.07) is 66.2. The number of alkyl halides is 6. The SMILES string of the molecule is CC(=O)CC(NCC1CCCCC1)c1ccc2c(c1)nc(-c1ccc(N3CCOCC3)cc1)n2Cc1ccc(OC(F)(F)F)cc1.CC(=O)CC(NCc1ccc2[nH]ncc2c1)c1ccc2c(c1)nc(-c1ccc(N(CCO)CCO)cc1)n2Cc1ccc(C(F)(F)F)cc1.CCCN(CCC)c1ccc(-c2nc3cc(C(CC(C)=O)NCc4ccc(-c5ccn[nH]5)s4)ccc3n2CCCN(C)C)cc1. The van der Waals surface area contributed by atoms with Crippen molar-refractivity contribution in [1.29, 1.82) is 0 Å². The van der Waals surface area contributed by atoms with Crippen molar-refractivity contribution in [3.8, 4) is 50.5 Å². The summed E-state index contributed by atoms with van der Waals surface area (Å²) in [4.78, 5) is 63.6. The van der Waals surface area contributed by atoms with Crippen molar-refractivity contribution in [3.05, 3.63) is 269 Å². The van der Waals surface area contributed by atoms with Gasteiger partial charge in [0.25, 0.3) is 0 Å². The number of aliphatic hydroxyl groups is 2. The number of thiophene rings is 1. The molecule has 1 aliphatic carbocycles. The number of benzene rings is 9. The third-order valence-electron chi connectivity index (χ3n) is 25.7. The number of fused-ring (bicyclic) bond motifs is 4. The van der Waals surface area contributed by atoms with Crippen LogP contribution in [0.25, 0.3) is 88.7 Å². The number of imidazole rings is 3. The number of halogens is 6. The number of carbonyl (C=O) groups excluding carboxylic acids is 3. The first-order valence-corrected chi connectivity index (χ1v) is 49.2. The second-order valence-corrected chi connectivity index (χ2v) is 37.8. The molecule has 31 heteroatoms. The molecule has 17 rings (SSSR count). The van der Waals surface area contributed by atoms with Gasteiger partial charge >= 0.3 is 12.5 Å². The van der Waals surface area contributed by atoms with Crippen LogP contribution in [0.2, 0.25) is 0 Å². The first-order valence-electron chi connectivity index (χ1n) is 48.4. The lowest BCUT2D eigenvalue weighted by Gasteiger charge is -2.28. The molecule has 2 fully saturated rings. The number of rotatable bonds is 42. The molecular weight excluding hydrogens is 1810 g/mol. The lowest BCUT2D eigenvalue weighted by molar-refractivity contribution is -0.274. The van der Waals surface area contributed by atoms with Gasteiger partial charge in [-0.2, -0.15) is 23.4 Å². The molecule has 1 saturated carbocycles. The Bertz CT molecular complexity index is 6530. The number of aliphatic hydroxyl groups excluding tert-OH is 2. The highest BCUT2D eigenvalue weighted by atomic mass is 32.1. The largest absolute Gasteiger partial charge is 0.573 e. The van der Waals surface area contributed by atoms with Gasteiger partial charge < -0.3 is 68.9 Å². The van der Waals surface area contributed by atoms with Crippen LogP contribution >= 0.6 is 11.3 Å². The lowest BCUT2D eigenvalue weighted by Crippen LogP contribution is -2.36. The average Bonchev–Trinajstić information content (AvgIpc) is 1.63. The summed E-state index contributed by atoms with van der Waals surface area (Å²) in [5.74, 6) is 3.07. The van der Waals surface area contributed by atoms with E-state index in [0.29, 0.717) is 81.6 Å². The molecule has 24 nitrogen and oxygen atoms in total. The summed E-state index contributed by atoms with van der Waals surface area (Å²) >= 11 is 1.73. The van der Waals surface area contributed by atoms with Crippen molar-refractivity contribution in [2.75, 3.05) is 108 Å². The third-order valence-corrected chi connectivity index (χ3v) is 26.8. The van der Waals surface area contributed by atoms with Crippen molar-refractivity contribution < 1.29 is 60.4 Å². The first kappa shape index (κ1) is 102. The third kappa shape index (κ3) is 27.1. The highest BCUT2D eigenvalue weighted by Crippen LogP contribution is 2.39. The summed E-state index contributed by atoms with van der Waals surface area (Å²) in [6.45, 7) is 19.8. The van der Waals surface area contributed by atoms with E-state index in [-0.39, 0.29) is 67.4 Å². The lowest BCUT2D eigenvalue weighted by atomic mass is 9.89. The Balaban J connectivity index is 0.000000159. The van der Waals surface area contributed by atoms with Crippen LogP contribution in [0, 0.1) is 5.92 Å². The Morgan fingerprint density at radius 1 is 0.529 bits per heavy atom. The molecule has 1 aliphatic heterocycles. The van der Waals surface area contributed by atoms with Gasteiger partial charge in [-0.15, -0.1) is 24.5 Å². The van der Waals surface area contributed by atoms with Gasteiger partial charge in [-0.1, -0.05) is 81.6 Å². The van der Waals surface area contributed by atoms with E-state index in [4.69, 9.17) is 19.7 Å². The van der Waals surface area contributed by atoms with Crippen LogP contribution in [-0.4, -0.2) is 181 Å². The van der Waals surface area contributed by atoms with Gasteiger partial charge in [-0.3, -0.25) is 24.6 Å². The average molecular weight is 1930 g/mol. The molecule has 0 spiro atoms. The van der Waals surface area contributed by atoms with Gasteiger partial charge in [0.1, 0.15) is 40.6 Å². The second kappa shape index (κ2) is 48.0. The number of Topliss-reactive ketones (excluding diaryl/α,β-unsaturated/α-hetero) is 3. The normalized spacial score (nSPS) is 13.9. The van der Waals surface area contributed by atoms with E-state index in [1.807, 2.05) is 82.3 Å². The number of nitrogens with zero attached hydrogens (tertiary/aromatic N) is 12. The Morgan fingerprint density at radius 2 is 1.02 bits per heavy atom. The number of aromatic amines is 2. The van der Waals surface area contributed by atoms with E-state index in [9.17, 15) is 50.9 Å². The quantitative estimate of drug-likeness (QED) is 0.0175. The van der Waals surface area contributed by atoms with E-state index in [1.54, 1.807) is 56.6 Å². The molecule has 736 valence electrons. The highest BCUT2D eigenvalue weighted by Gasteiger charge is 2.33. The van der Waals surface area contributed by atoms with Gasteiger partial charge in [0, 0.05) is 160 Å². The van der Waals surface area contributed by atoms with Gasteiger partial charge in [0.15, 0.2) is 0 Å². The van der Waals surface area contributed by atoms with Crippen molar-refractivity contribution >= 4 is 89.8 Å². The molecule has 2 aliphatic rings. The summed E-state index contributed by atoms with van der Waals surface area (Å²) in [6.07, 6.45) is 5.04. The summed E-state index contributed by atoms with van der Waals surface area (Å²) in [5, 5.41) is 45.0. The first-order chi connectivity index (χ1) is 67.7. The maximum Gasteiger partial charge on any atom is 0.573 e. The van der Waals surface area contributed by atoms with Crippen molar-refractivity contribution in [3.63, 3.8) is 0 Å². The highest BCUT2D eigenvalue weighted by molar-refractivity contribution is 7.15. The molecule has 7 N–H and O–H groups in total. The number of aryl methyl sites for hydroxylation is 1. The topological polar surface area (TPSA) is 270 Å². The number of anilines is 3. The monoisotopic (exact) mass is 1930 g/mol. The molecule has 3 unspecified atom stereocenters. The second-order valence-electron chi connectivity index (χ2n) is 36.7. The Kier molecular flexibility index (Phi) is 34.8. The zero-order chi connectivity index (χ0) is 98.4. The van der Waals surface area contributed by atoms with Crippen molar-refractivity contribution in [2.24, 2.45) is 5.92 Å². The molecule has 1 saturated heterocycles. The molecule has 3 atom stereocenters. The van der Waals surface area contributed by atoms with Crippen LogP contribution in [0.3, 0.4) is 0 Å². The number of nitrogens with one attached hydrogen (secondary N) is 5. The van der Waals surface area contributed by atoms with Gasteiger partial charge in [-0.25, -0.2) is 15.0 Å².